The molecule has 0 saturated carbocycles. The van der Waals surface area contributed by atoms with Crippen LogP contribution in [0.3, 0.4) is 0 Å². The Kier molecular flexibility index (Phi) is 8.20. The van der Waals surface area contributed by atoms with E-state index in [9.17, 15) is 13.2 Å². The first kappa shape index (κ1) is 24.7. The van der Waals surface area contributed by atoms with Crippen LogP contribution in [0, 0.1) is 5.92 Å². The van der Waals surface area contributed by atoms with Gasteiger partial charge in [0.2, 0.25) is 15.9 Å². The number of carbonyl (C=O) groups is 1. The molecule has 0 aromatic heterocycles. The summed E-state index contributed by atoms with van der Waals surface area (Å²) in [7, 11) is -2.12. The predicted molar refractivity (Wildman–Crippen MR) is 129 cm³/mol. The quantitative estimate of drug-likeness (QED) is 0.615. The summed E-state index contributed by atoms with van der Waals surface area (Å²) in [6, 6.07) is 14.5. The summed E-state index contributed by atoms with van der Waals surface area (Å²) >= 11 is 0. The zero-order valence-corrected chi connectivity index (χ0v) is 20.4. The lowest BCUT2D eigenvalue weighted by molar-refractivity contribution is -0.126. The highest BCUT2D eigenvalue weighted by Crippen LogP contribution is 2.25. The van der Waals surface area contributed by atoms with Crippen molar-refractivity contribution in [2.24, 2.45) is 5.92 Å². The molecule has 0 aliphatic carbocycles. The van der Waals surface area contributed by atoms with E-state index in [2.05, 4.69) is 16.3 Å². The van der Waals surface area contributed by atoms with E-state index in [0.717, 1.165) is 38.4 Å². The van der Waals surface area contributed by atoms with Gasteiger partial charge in [0.1, 0.15) is 5.75 Å². The van der Waals surface area contributed by atoms with Crippen molar-refractivity contribution in [1.29, 1.82) is 0 Å². The van der Waals surface area contributed by atoms with E-state index in [0.29, 0.717) is 31.7 Å². The Balaban J connectivity index is 1.36. The summed E-state index contributed by atoms with van der Waals surface area (Å²) in [5.74, 6) is 0.132. The van der Waals surface area contributed by atoms with Crippen molar-refractivity contribution in [2.75, 3.05) is 46.5 Å². The van der Waals surface area contributed by atoms with Crippen LogP contribution in [0.5, 0.6) is 5.75 Å². The van der Waals surface area contributed by atoms with E-state index in [1.165, 1.54) is 9.87 Å². The third kappa shape index (κ3) is 5.96. The molecule has 2 aliphatic heterocycles. The second-order valence-corrected chi connectivity index (χ2v) is 10.7. The molecule has 0 bridgehead atoms. The van der Waals surface area contributed by atoms with Gasteiger partial charge >= 0.3 is 0 Å². The van der Waals surface area contributed by atoms with Gasteiger partial charge in [0, 0.05) is 39.3 Å². The molecule has 1 amide bonds. The van der Waals surface area contributed by atoms with Gasteiger partial charge in [0.15, 0.2) is 0 Å². The number of nitrogens with one attached hydrogen (secondary N) is 1. The maximum absolute atomic E-state index is 13.1. The summed E-state index contributed by atoms with van der Waals surface area (Å²) in [5, 5.41) is 3.05. The van der Waals surface area contributed by atoms with Gasteiger partial charge < -0.3 is 14.8 Å². The second-order valence-electron chi connectivity index (χ2n) is 8.75. The summed E-state index contributed by atoms with van der Waals surface area (Å²) < 4.78 is 38.2. The molecule has 34 heavy (non-hydrogen) atoms. The molecule has 184 valence electrons. The van der Waals surface area contributed by atoms with Crippen molar-refractivity contribution < 1.29 is 22.7 Å². The highest BCUT2D eigenvalue weighted by molar-refractivity contribution is 7.89. The van der Waals surface area contributed by atoms with Crippen LogP contribution in [0.2, 0.25) is 0 Å². The monoisotopic (exact) mass is 487 g/mol. The molecular weight excluding hydrogens is 454 g/mol. The van der Waals surface area contributed by atoms with Gasteiger partial charge in [-0.2, -0.15) is 4.31 Å². The SMILES string of the molecule is COc1ccc(S(=O)(=O)N2CCC[C@@H](C(=O)NCc3ccccc3CN3CCOCC3)C2)cc1. The number of amides is 1. The molecule has 9 heteroatoms. The number of piperidine rings is 1. The molecule has 1 N–H and O–H groups in total. The van der Waals surface area contributed by atoms with E-state index in [1.807, 2.05) is 18.2 Å². The molecule has 0 unspecified atom stereocenters. The normalized spacial score (nSPS) is 20.1. The molecule has 2 aliphatic rings. The second kappa shape index (κ2) is 11.3. The van der Waals surface area contributed by atoms with Crippen LogP contribution in [0.4, 0.5) is 0 Å². The maximum Gasteiger partial charge on any atom is 0.243 e. The lowest BCUT2D eigenvalue weighted by atomic mass is 9.98. The Morgan fingerprint density at radius 2 is 1.76 bits per heavy atom. The molecule has 2 fully saturated rings. The van der Waals surface area contributed by atoms with Crippen molar-refractivity contribution >= 4 is 15.9 Å². The minimum atomic E-state index is -3.66. The van der Waals surface area contributed by atoms with E-state index in [1.54, 1.807) is 31.4 Å². The smallest absolute Gasteiger partial charge is 0.243 e. The van der Waals surface area contributed by atoms with Crippen LogP contribution < -0.4 is 10.1 Å². The lowest BCUT2D eigenvalue weighted by Crippen LogP contribution is -2.45. The van der Waals surface area contributed by atoms with E-state index in [-0.39, 0.29) is 23.3 Å². The van der Waals surface area contributed by atoms with Crippen molar-refractivity contribution in [3.63, 3.8) is 0 Å². The van der Waals surface area contributed by atoms with Gasteiger partial charge in [-0.05, 0) is 48.2 Å². The van der Waals surface area contributed by atoms with Crippen LogP contribution in [-0.2, 0) is 32.6 Å². The Morgan fingerprint density at radius 1 is 1.06 bits per heavy atom. The summed E-state index contributed by atoms with van der Waals surface area (Å²) in [6.07, 6.45) is 1.33. The predicted octanol–water partition coefficient (Wildman–Crippen LogP) is 2.24. The number of sulfonamides is 1. The van der Waals surface area contributed by atoms with Crippen LogP contribution in [0.25, 0.3) is 0 Å². The standard InChI is InChI=1S/C25H33N3O5S/c1-32-23-8-10-24(11-9-23)34(30,31)28-12-4-7-22(19-28)25(29)26-17-20-5-2-3-6-21(20)18-27-13-15-33-16-14-27/h2-3,5-6,8-11,22H,4,7,12-19H2,1H3,(H,26,29)/t22-/m1/s1. The molecule has 2 heterocycles. The summed E-state index contributed by atoms with van der Waals surface area (Å²) in [6.45, 7) is 5.17. The lowest BCUT2D eigenvalue weighted by Gasteiger charge is -2.31. The van der Waals surface area contributed by atoms with Gasteiger partial charge in [-0.1, -0.05) is 24.3 Å². The molecule has 2 aromatic carbocycles. The Hall–Kier alpha value is -2.46. The molecule has 2 saturated heterocycles. The van der Waals surface area contributed by atoms with Crippen molar-refractivity contribution in [2.45, 2.75) is 30.8 Å². The van der Waals surface area contributed by atoms with Gasteiger partial charge in [-0.15, -0.1) is 0 Å². The number of hydrogen-bond donors (Lipinski definition) is 1. The average Bonchev–Trinajstić information content (AvgIpc) is 2.88. The molecule has 0 spiro atoms. The number of methoxy groups -OCH3 is 1. The number of hydrogen-bond acceptors (Lipinski definition) is 6. The van der Waals surface area contributed by atoms with Gasteiger partial charge in [0.25, 0.3) is 0 Å². The molecule has 8 nitrogen and oxygen atoms in total. The van der Waals surface area contributed by atoms with E-state index in [4.69, 9.17) is 9.47 Å². The molecule has 2 aromatic rings. The highest BCUT2D eigenvalue weighted by atomic mass is 32.2. The Labute approximate surface area is 201 Å². The first-order valence-corrected chi connectivity index (χ1v) is 13.2. The first-order chi connectivity index (χ1) is 16.5. The van der Waals surface area contributed by atoms with E-state index < -0.39 is 10.0 Å². The highest BCUT2D eigenvalue weighted by Gasteiger charge is 2.33. The number of nitrogens with zero attached hydrogens (tertiary/aromatic N) is 2. The molecular formula is C25H33N3O5S. The molecule has 1 atom stereocenters. The molecule has 0 radical (unpaired) electrons. The summed E-state index contributed by atoms with van der Waals surface area (Å²) in [4.78, 5) is 15.6. The first-order valence-electron chi connectivity index (χ1n) is 11.8. The Bertz CT molecular complexity index is 1070. The number of morpholine rings is 1. The summed E-state index contributed by atoms with van der Waals surface area (Å²) in [5.41, 5.74) is 2.28. The topological polar surface area (TPSA) is 88.2 Å². The van der Waals surface area contributed by atoms with Crippen molar-refractivity contribution in [1.82, 2.24) is 14.5 Å². The Morgan fingerprint density at radius 3 is 2.47 bits per heavy atom. The third-order valence-electron chi connectivity index (χ3n) is 6.52. The van der Waals surface area contributed by atoms with Crippen LogP contribution >= 0.6 is 0 Å². The fourth-order valence-corrected chi connectivity index (χ4v) is 6.01. The molecule has 4 rings (SSSR count). The number of carbonyl (C=O) groups excluding carboxylic acids is 1. The van der Waals surface area contributed by atoms with Crippen LogP contribution in [-0.4, -0.2) is 70.0 Å². The number of rotatable bonds is 8. The minimum absolute atomic E-state index is 0.101. The minimum Gasteiger partial charge on any atom is -0.497 e. The number of ether oxygens (including phenoxy) is 2. The fourth-order valence-electron chi connectivity index (χ4n) is 4.48. The van der Waals surface area contributed by atoms with Crippen molar-refractivity contribution in [3.8, 4) is 5.75 Å². The van der Waals surface area contributed by atoms with Gasteiger partial charge in [-0.3, -0.25) is 9.69 Å². The van der Waals surface area contributed by atoms with Crippen molar-refractivity contribution in [3.05, 3.63) is 59.7 Å². The zero-order valence-electron chi connectivity index (χ0n) is 19.6. The van der Waals surface area contributed by atoms with E-state index >= 15 is 0 Å². The largest absolute Gasteiger partial charge is 0.497 e. The van der Waals surface area contributed by atoms with Gasteiger partial charge in [0.05, 0.1) is 31.1 Å². The maximum atomic E-state index is 13.1. The van der Waals surface area contributed by atoms with Crippen LogP contribution in [0.1, 0.15) is 24.0 Å². The zero-order chi connectivity index (χ0) is 24.0. The number of benzene rings is 2. The van der Waals surface area contributed by atoms with Crippen LogP contribution in [0.15, 0.2) is 53.4 Å². The fraction of sp³-hybridized carbons (Fsp3) is 0.480. The third-order valence-corrected chi connectivity index (χ3v) is 8.40. The average molecular weight is 488 g/mol. The van der Waals surface area contributed by atoms with Gasteiger partial charge in [-0.25, -0.2) is 8.42 Å².